The topological polar surface area (TPSA) is 102 Å². The molecule has 0 radical (unpaired) electrons. The first-order chi connectivity index (χ1) is 15.0. The van der Waals surface area contributed by atoms with E-state index in [4.69, 9.17) is 14.2 Å². The molecule has 180 valence electrons. The van der Waals surface area contributed by atoms with E-state index in [9.17, 15) is 19.8 Å². The molecule has 2 atom stereocenters. The van der Waals surface area contributed by atoms with Gasteiger partial charge in [0.2, 0.25) is 5.76 Å². The fraction of sp³-hybridized carbons (Fsp3) is 0.833. The van der Waals surface area contributed by atoms with Crippen molar-refractivity contribution in [1.29, 1.82) is 0 Å². The smallest absolute Gasteiger partial charge is 0.378 e. The number of carbonyl (C=O) groups is 2. The van der Waals surface area contributed by atoms with Gasteiger partial charge in [-0.2, -0.15) is 0 Å². The monoisotopic (exact) mass is 442 g/mol. The van der Waals surface area contributed by atoms with Crippen LogP contribution >= 0.6 is 0 Å². The van der Waals surface area contributed by atoms with E-state index in [-0.39, 0.29) is 19.0 Å². The van der Waals surface area contributed by atoms with Crippen LogP contribution < -0.4 is 0 Å². The summed E-state index contributed by atoms with van der Waals surface area (Å²) in [7, 11) is 0. The summed E-state index contributed by atoms with van der Waals surface area (Å²) in [5.41, 5.74) is 0. The highest BCUT2D eigenvalue weighted by molar-refractivity contribution is 5.89. The number of aliphatic hydroxyl groups excluding tert-OH is 2. The van der Waals surface area contributed by atoms with Crippen molar-refractivity contribution in [2.24, 2.45) is 0 Å². The van der Waals surface area contributed by atoms with E-state index in [2.05, 4.69) is 6.92 Å². The lowest BCUT2D eigenvalue weighted by atomic mass is 10.0. The van der Waals surface area contributed by atoms with E-state index in [0.717, 1.165) is 19.3 Å². The Morgan fingerprint density at radius 2 is 1.45 bits per heavy atom. The second kappa shape index (κ2) is 16.9. The Morgan fingerprint density at radius 3 is 1.97 bits per heavy atom. The summed E-state index contributed by atoms with van der Waals surface area (Å²) in [6.45, 7) is 3.81. The van der Waals surface area contributed by atoms with Crippen LogP contribution in [0.15, 0.2) is 11.5 Å². The van der Waals surface area contributed by atoms with Gasteiger partial charge in [-0.25, -0.2) is 4.79 Å². The maximum atomic E-state index is 11.9. The number of hydrogen-bond acceptors (Lipinski definition) is 7. The molecule has 0 bridgehead atoms. The zero-order valence-corrected chi connectivity index (χ0v) is 19.4. The van der Waals surface area contributed by atoms with Gasteiger partial charge in [0.1, 0.15) is 12.7 Å². The van der Waals surface area contributed by atoms with E-state index >= 15 is 0 Å². The van der Waals surface area contributed by atoms with Crippen molar-refractivity contribution >= 4 is 11.9 Å². The molecule has 0 aromatic heterocycles. The van der Waals surface area contributed by atoms with E-state index in [0.29, 0.717) is 6.42 Å². The molecule has 1 aliphatic rings. The first-order valence-electron chi connectivity index (χ1n) is 12.1. The van der Waals surface area contributed by atoms with Crippen LogP contribution in [0.25, 0.3) is 0 Å². The molecule has 1 heterocycles. The molecular formula is C24H42O7. The van der Waals surface area contributed by atoms with Crippen LogP contribution in [0.5, 0.6) is 0 Å². The van der Waals surface area contributed by atoms with E-state index in [1.54, 1.807) is 6.92 Å². The van der Waals surface area contributed by atoms with Gasteiger partial charge in [0.05, 0.1) is 6.61 Å². The lowest BCUT2D eigenvalue weighted by Gasteiger charge is -2.19. The highest BCUT2D eigenvalue weighted by Crippen LogP contribution is 2.25. The number of cyclic esters (lactones) is 1. The van der Waals surface area contributed by atoms with Crippen molar-refractivity contribution < 1.29 is 34.0 Å². The molecule has 7 heteroatoms. The number of ether oxygens (including phenoxy) is 3. The van der Waals surface area contributed by atoms with Gasteiger partial charge < -0.3 is 24.4 Å². The molecule has 0 aromatic carbocycles. The number of unbranched alkanes of at least 4 members (excludes halogenated alkanes) is 12. The minimum absolute atomic E-state index is 0.118. The predicted octanol–water partition coefficient (Wildman–Crippen LogP) is 5.10. The Labute approximate surface area is 187 Å². The molecule has 7 nitrogen and oxygen atoms in total. The van der Waals surface area contributed by atoms with Crippen LogP contribution in [0, 0.1) is 0 Å². The quantitative estimate of drug-likeness (QED) is 0.212. The summed E-state index contributed by atoms with van der Waals surface area (Å²) in [6.07, 6.45) is 13.9. The molecule has 1 aliphatic heterocycles. The largest absolute Gasteiger partial charge is 0.499 e. The molecule has 0 saturated carbocycles. The third kappa shape index (κ3) is 11.4. The van der Waals surface area contributed by atoms with Crippen LogP contribution in [-0.2, 0) is 23.8 Å². The molecule has 0 fully saturated rings. The van der Waals surface area contributed by atoms with Crippen LogP contribution in [-0.4, -0.2) is 47.6 Å². The molecule has 0 saturated heterocycles. The zero-order chi connectivity index (χ0) is 22.9. The molecule has 2 N–H and O–H groups in total. The van der Waals surface area contributed by atoms with Gasteiger partial charge in [-0.3, -0.25) is 4.79 Å². The molecule has 0 aromatic rings. The van der Waals surface area contributed by atoms with E-state index < -0.39 is 29.9 Å². The Kier molecular flexibility index (Phi) is 14.8. The molecule has 0 spiro atoms. The van der Waals surface area contributed by atoms with Crippen molar-refractivity contribution in [1.82, 2.24) is 0 Å². The van der Waals surface area contributed by atoms with Crippen LogP contribution in [0.2, 0.25) is 0 Å². The minimum atomic E-state index is -1.29. The molecule has 1 rings (SSSR count). The van der Waals surface area contributed by atoms with Gasteiger partial charge in [-0.1, -0.05) is 84.0 Å². The minimum Gasteiger partial charge on any atom is -0.499 e. The number of hydrogen-bond donors (Lipinski definition) is 2. The summed E-state index contributed by atoms with van der Waals surface area (Å²) in [6, 6.07) is 0. The summed E-state index contributed by atoms with van der Waals surface area (Å²) in [5, 5.41) is 19.8. The Bertz CT molecular complexity index is 544. The normalized spacial score (nSPS) is 17.0. The highest BCUT2D eigenvalue weighted by Gasteiger charge is 2.41. The number of esters is 2. The maximum Gasteiger partial charge on any atom is 0.378 e. The van der Waals surface area contributed by atoms with Crippen molar-refractivity contribution in [3.05, 3.63) is 11.5 Å². The van der Waals surface area contributed by atoms with Crippen LogP contribution in [0.4, 0.5) is 0 Å². The third-order valence-electron chi connectivity index (χ3n) is 5.47. The van der Waals surface area contributed by atoms with Crippen molar-refractivity contribution in [3.8, 4) is 0 Å². The van der Waals surface area contributed by atoms with Gasteiger partial charge in [-0.15, -0.1) is 0 Å². The van der Waals surface area contributed by atoms with Gasteiger partial charge >= 0.3 is 11.9 Å². The zero-order valence-electron chi connectivity index (χ0n) is 19.4. The first kappa shape index (κ1) is 27.3. The predicted molar refractivity (Wildman–Crippen MR) is 118 cm³/mol. The number of rotatable bonds is 19. The fourth-order valence-corrected chi connectivity index (χ4v) is 3.64. The van der Waals surface area contributed by atoms with E-state index in [1.165, 1.54) is 64.2 Å². The summed E-state index contributed by atoms with van der Waals surface area (Å²) in [4.78, 5) is 23.3. The standard InChI is InChI=1S/C24H42O7/c1-3-5-6-7-8-9-10-11-12-13-14-15-16-17-20(26)30-18-19(25)22-23(29-4-2)21(27)24(28)31-22/h19,22,25,27H,3-18H2,1-2H3/t19-,22+/m0/s1. The first-order valence-corrected chi connectivity index (χ1v) is 12.1. The number of aliphatic hydroxyl groups is 2. The van der Waals surface area contributed by atoms with E-state index in [1.807, 2.05) is 0 Å². The average molecular weight is 443 g/mol. The van der Waals surface area contributed by atoms with Crippen molar-refractivity contribution in [2.45, 2.75) is 116 Å². The SMILES string of the molecule is CCCCCCCCCCCCCCCC(=O)OC[C@H](O)[C@H]1OC(=O)C(O)=C1OCC. The molecule has 0 unspecified atom stereocenters. The highest BCUT2D eigenvalue weighted by atomic mass is 16.6. The summed E-state index contributed by atoms with van der Waals surface area (Å²) in [5.74, 6) is -2.11. The van der Waals surface area contributed by atoms with Gasteiger partial charge in [0.15, 0.2) is 11.9 Å². The summed E-state index contributed by atoms with van der Waals surface area (Å²) >= 11 is 0. The number of carbonyl (C=O) groups excluding carboxylic acids is 2. The Balaban J connectivity index is 2.01. The van der Waals surface area contributed by atoms with Crippen LogP contribution in [0.1, 0.15) is 104 Å². The molecule has 0 amide bonds. The third-order valence-corrected chi connectivity index (χ3v) is 5.47. The maximum absolute atomic E-state index is 11.9. The molecule has 0 aliphatic carbocycles. The summed E-state index contributed by atoms with van der Waals surface area (Å²) < 4.78 is 15.1. The Hall–Kier alpha value is -1.76. The van der Waals surface area contributed by atoms with Crippen LogP contribution in [0.3, 0.4) is 0 Å². The van der Waals surface area contributed by atoms with Gasteiger partial charge in [0, 0.05) is 6.42 Å². The second-order valence-electron chi connectivity index (χ2n) is 8.21. The van der Waals surface area contributed by atoms with Gasteiger partial charge in [0.25, 0.3) is 0 Å². The lowest BCUT2D eigenvalue weighted by molar-refractivity contribution is -0.154. The second-order valence-corrected chi connectivity index (χ2v) is 8.21. The molecule has 31 heavy (non-hydrogen) atoms. The fourth-order valence-electron chi connectivity index (χ4n) is 3.64. The average Bonchev–Trinajstić information content (AvgIpc) is 3.04. The van der Waals surface area contributed by atoms with Crippen molar-refractivity contribution in [3.63, 3.8) is 0 Å². The van der Waals surface area contributed by atoms with Gasteiger partial charge in [-0.05, 0) is 13.3 Å². The van der Waals surface area contributed by atoms with Crippen molar-refractivity contribution in [2.75, 3.05) is 13.2 Å². The Morgan fingerprint density at radius 1 is 0.935 bits per heavy atom. The lowest BCUT2D eigenvalue weighted by Crippen LogP contribution is -2.34. The molecular weight excluding hydrogens is 400 g/mol.